The van der Waals surface area contributed by atoms with Crippen molar-refractivity contribution in [3.63, 3.8) is 0 Å². The standard InChI is InChI=1S/C20H38O2/c1-3-4-5-6-15(2)20(16-7-11-18(21)12-8-16)17-9-13-19(22)14-10-17/h15-22H,3-14H2,1-2H3. The van der Waals surface area contributed by atoms with E-state index in [1.165, 1.54) is 51.4 Å². The van der Waals surface area contributed by atoms with Gasteiger partial charge in [0.15, 0.2) is 0 Å². The first kappa shape index (κ1) is 18.3. The first-order chi connectivity index (χ1) is 10.6. The fourth-order valence-corrected chi connectivity index (χ4v) is 5.20. The van der Waals surface area contributed by atoms with E-state index in [2.05, 4.69) is 13.8 Å². The van der Waals surface area contributed by atoms with Crippen LogP contribution in [-0.4, -0.2) is 22.4 Å². The molecular formula is C20H38O2. The smallest absolute Gasteiger partial charge is 0.0540 e. The monoisotopic (exact) mass is 310 g/mol. The minimum atomic E-state index is -0.0412. The Morgan fingerprint density at radius 3 is 1.64 bits per heavy atom. The van der Waals surface area contributed by atoms with Crippen molar-refractivity contribution in [2.24, 2.45) is 23.7 Å². The molecule has 2 fully saturated rings. The molecule has 130 valence electrons. The van der Waals surface area contributed by atoms with Gasteiger partial charge in [0.05, 0.1) is 12.2 Å². The number of rotatable bonds is 7. The Morgan fingerprint density at radius 2 is 1.23 bits per heavy atom. The molecule has 0 saturated heterocycles. The molecule has 2 nitrogen and oxygen atoms in total. The van der Waals surface area contributed by atoms with Gasteiger partial charge in [0.25, 0.3) is 0 Å². The summed E-state index contributed by atoms with van der Waals surface area (Å²) in [6.07, 6.45) is 14.3. The van der Waals surface area contributed by atoms with Crippen LogP contribution in [0.3, 0.4) is 0 Å². The zero-order valence-electron chi connectivity index (χ0n) is 14.8. The number of aliphatic hydroxyl groups excluding tert-OH is 2. The van der Waals surface area contributed by atoms with Gasteiger partial charge in [-0.2, -0.15) is 0 Å². The van der Waals surface area contributed by atoms with Gasteiger partial charge < -0.3 is 10.2 Å². The molecule has 0 aromatic rings. The van der Waals surface area contributed by atoms with Crippen LogP contribution in [-0.2, 0) is 0 Å². The maximum absolute atomic E-state index is 9.83. The summed E-state index contributed by atoms with van der Waals surface area (Å²) in [4.78, 5) is 0. The zero-order chi connectivity index (χ0) is 15.9. The molecule has 0 bridgehead atoms. The molecular weight excluding hydrogens is 272 g/mol. The van der Waals surface area contributed by atoms with Crippen molar-refractivity contribution in [2.45, 2.75) is 103 Å². The summed E-state index contributed by atoms with van der Waals surface area (Å²) in [6.45, 7) is 4.77. The highest BCUT2D eigenvalue weighted by molar-refractivity contribution is 4.87. The molecule has 0 radical (unpaired) electrons. The molecule has 0 heterocycles. The lowest BCUT2D eigenvalue weighted by Gasteiger charge is -2.43. The normalized spacial score (nSPS) is 36.0. The summed E-state index contributed by atoms with van der Waals surface area (Å²) in [5.41, 5.74) is 0. The maximum Gasteiger partial charge on any atom is 0.0540 e. The van der Waals surface area contributed by atoms with E-state index in [1.807, 2.05) is 0 Å². The van der Waals surface area contributed by atoms with Crippen molar-refractivity contribution in [3.05, 3.63) is 0 Å². The van der Waals surface area contributed by atoms with Crippen LogP contribution in [0, 0.1) is 23.7 Å². The molecule has 0 aromatic carbocycles. The highest BCUT2D eigenvalue weighted by atomic mass is 16.3. The lowest BCUT2D eigenvalue weighted by Crippen LogP contribution is -2.35. The fourth-order valence-electron chi connectivity index (χ4n) is 5.20. The Bertz CT molecular complexity index is 266. The minimum Gasteiger partial charge on any atom is -0.393 e. The predicted molar refractivity (Wildman–Crippen MR) is 92.7 cm³/mol. The maximum atomic E-state index is 9.83. The Morgan fingerprint density at radius 1 is 0.773 bits per heavy atom. The van der Waals surface area contributed by atoms with Crippen molar-refractivity contribution in [1.82, 2.24) is 0 Å². The second kappa shape index (κ2) is 9.27. The van der Waals surface area contributed by atoms with Gasteiger partial charge in [0.2, 0.25) is 0 Å². The third kappa shape index (κ3) is 5.23. The zero-order valence-corrected chi connectivity index (χ0v) is 14.8. The highest BCUT2D eigenvalue weighted by Gasteiger charge is 2.36. The Labute approximate surface area is 137 Å². The van der Waals surface area contributed by atoms with Crippen LogP contribution in [0.1, 0.15) is 90.9 Å². The lowest BCUT2D eigenvalue weighted by molar-refractivity contribution is 0.0235. The molecule has 2 heteroatoms. The second-order valence-electron chi connectivity index (χ2n) is 8.19. The molecule has 0 aromatic heterocycles. The van der Waals surface area contributed by atoms with Gasteiger partial charge in [0.1, 0.15) is 0 Å². The topological polar surface area (TPSA) is 40.5 Å². The number of aliphatic hydroxyl groups is 2. The van der Waals surface area contributed by atoms with Gasteiger partial charge in [-0.1, -0.05) is 39.5 Å². The van der Waals surface area contributed by atoms with Crippen LogP contribution in [0.5, 0.6) is 0 Å². The molecule has 2 rings (SSSR count). The van der Waals surface area contributed by atoms with Crippen molar-refractivity contribution < 1.29 is 10.2 Å². The van der Waals surface area contributed by atoms with E-state index in [-0.39, 0.29) is 12.2 Å². The fraction of sp³-hybridized carbons (Fsp3) is 1.00. The molecule has 2 aliphatic carbocycles. The van der Waals surface area contributed by atoms with Crippen LogP contribution in [0.25, 0.3) is 0 Å². The van der Waals surface area contributed by atoms with Gasteiger partial charge in [0, 0.05) is 0 Å². The number of unbranched alkanes of at least 4 members (excludes halogenated alkanes) is 2. The molecule has 0 spiro atoms. The van der Waals surface area contributed by atoms with Crippen molar-refractivity contribution in [3.8, 4) is 0 Å². The van der Waals surface area contributed by atoms with Crippen molar-refractivity contribution >= 4 is 0 Å². The third-order valence-electron chi connectivity index (χ3n) is 6.49. The summed E-state index contributed by atoms with van der Waals surface area (Å²) in [5.74, 6) is 3.28. The molecule has 1 unspecified atom stereocenters. The third-order valence-corrected chi connectivity index (χ3v) is 6.49. The quantitative estimate of drug-likeness (QED) is 0.655. The van der Waals surface area contributed by atoms with E-state index in [1.54, 1.807) is 0 Å². The number of hydrogen-bond donors (Lipinski definition) is 2. The molecule has 1 atom stereocenters. The minimum absolute atomic E-state index is 0.0412. The molecule has 0 aliphatic heterocycles. The summed E-state index contributed by atoms with van der Waals surface area (Å²) < 4.78 is 0. The molecule has 2 saturated carbocycles. The van der Waals surface area contributed by atoms with Crippen molar-refractivity contribution in [1.29, 1.82) is 0 Å². The SMILES string of the molecule is CCCCCC(C)C(C1CCC(O)CC1)C1CCC(O)CC1. The van der Waals surface area contributed by atoms with E-state index in [0.717, 1.165) is 49.4 Å². The lowest BCUT2D eigenvalue weighted by atomic mass is 9.64. The van der Waals surface area contributed by atoms with E-state index >= 15 is 0 Å². The molecule has 22 heavy (non-hydrogen) atoms. The Kier molecular flexibility index (Phi) is 7.70. The van der Waals surface area contributed by atoms with Crippen LogP contribution in [0.2, 0.25) is 0 Å². The Balaban J connectivity index is 1.96. The molecule has 2 N–H and O–H groups in total. The van der Waals surface area contributed by atoms with Gasteiger partial charge in [-0.3, -0.25) is 0 Å². The van der Waals surface area contributed by atoms with Crippen LogP contribution in [0.15, 0.2) is 0 Å². The predicted octanol–water partition coefficient (Wildman–Crippen LogP) is 4.92. The van der Waals surface area contributed by atoms with Gasteiger partial charge in [-0.25, -0.2) is 0 Å². The van der Waals surface area contributed by atoms with E-state index in [9.17, 15) is 10.2 Å². The summed E-state index contributed by atoms with van der Waals surface area (Å²) >= 11 is 0. The number of hydrogen-bond acceptors (Lipinski definition) is 2. The largest absolute Gasteiger partial charge is 0.393 e. The second-order valence-corrected chi connectivity index (χ2v) is 8.19. The first-order valence-corrected chi connectivity index (χ1v) is 9.98. The van der Waals surface area contributed by atoms with Crippen LogP contribution in [0.4, 0.5) is 0 Å². The van der Waals surface area contributed by atoms with Crippen LogP contribution < -0.4 is 0 Å². The summed E-state index contributed by atoms with van der Waals surface area (Å²) in [7, 11) is 0. The first-order valence-electron chi connectivity index (χ1n) is 9.98. The van der Waals surface area contributed by atoms with E-state index in [0.29, 0.717) is 0 Å². The molecule has 0 amide bonds. The van der Waals surface area contributed by atoms with E-state index in [4.69, 9.17) is 0 Å². The van der Waals surface area contributed by atoms with Gasteiger partial charge in [-0.15, -0.1) is 0 Å². The van der Waals surface area contributed by atoms with Crippen LogP contribution >= 0.6 is 0 Å². The summed E-state index contributed by atoms with van der Waals surface area (Å²) in [5, 5.41) is 19.7. The average molecular weight is 311 g/mol. The average Bonchev–Trinajstić information content (AvgIpc) is 2.52. The molecule has 2 aliphatic rings. The van der Waals surface area contributed by atoms with Gasteiger partial charge >= 0.3 is 0 Å². The van der Waals surface area contributed by atoms with Crippen molar-refractivity contribution in [2.75, 3.05) is 0 Å². The summed E-state index contributed by atoms with van der Waals surface area (Å²) in [6, 6.07) is 0. The highest BCUT2D eigenvalue weighted by Crippen LogP contribution is 2.44. The van der Waals surface area contributed by atoms with Gasteiger partial charge in [-0.05, 0) is 75.0 Å². The Hall–Kier alpha value is -0.0800. The van der Waals surface area contributed by atoms with E-state index < -0.39 is 0 Å².